The van der Waals surface area contributed by atoms with Crippen molar-refractivity contribution in [3.05, 3.63) is 23.9 Å². The molecule has 0 amide bonds. The Bertz CT molecular complexity index is 322. The van der Waals surface area contributed by atoms with Crippen LogP contribution in [-0.2, 0) is 0 Å². The SMILES string of the molecule is CCCCCCCCCCCCCCN1C=CC(C)=CC1Cl. The van der Waals surface area contributed by atoms with Crippen LogP contribution in [0, 0.1) is 0 Å². The van der Waals surface area contributed by atoms with Gasteiger partial charge in [-0.25, -0.2) is 0 Å². The summed E-state index contributed by atoms with van der Waals surface area (Å²) in [5, 5.41) is 0. The molecule has 0 aliphatic carbocycles. The van der Waals surface area contributed by atoms with E-state index >= 15 is 0 Å². The van der Waals surface area contributed by atoms with Crippen LogP contribution in [0.2, 0.25) is 0 Å². The summed E-state index contributed by atoms with van der Waals surface area (Å²) in [7, 11) is 0. The van der Waals surface area contributed by atoms with Crippen LogP contribution in [0.15, 0.2) is 23.9 Å². The zero-order chi connectivity index (χ0) is 16.0. The second-order valence-electron chi connectivity index (χ2n) is 6.73. The minimum absolute atomic E-state index is 0.0534. The number of hydrogen-bond acceptors (Lipinski definition) is 1. The molecule has 0 fully saturated rings. The number of hydrogen-bond donors (Lipinski definition) is 0. The molecule has 22 heavy (non-hydrogen) atoms. The van der Waals surface area contributed by atoms with Crippen molar-refractivity contribution < 1.29 is 0 Å². The molecular formula is C20H36ClN. The molecule has 0 aromatic rings. The standard InChI is InChI=1S/C20H36ClN/c1-3-4-5-6-7-8-9-10-11-12-13-14-16-22-17-15-19(2)18-20(22)21/h15,17-18,20H,3-14,16H2,1-2H3. The second-order valence-corrected chi connectivity index (χ2v) is 7.17. The fourth-order valence-corrected chi connectivity index (χ4v) is 3.36. The molecule has 1 aliphatic rings. The monoisotopic (exact) mass is 325 g/mol. The van der Waals surface area contributed by atoms with E-state index in [0.29, 0.717) is 0 Å². The Morgan fingerprint density at radius 1 is 0.864 bits per heavy atom. The molecule has 128 valence electrons. The maximum absolute atomic E-state index is 6.32. The molecule has 0 aromatic carbocycles. The largest absolute Gasteiger partial charge is 0.358 e. The van der Waals surface area contributed by atoms with Gasteiger partial charge in [0.1, 0.15) is 5.50 Å². The fourth-order valence-electron chi connectivity index (χ4n) is 3.00. The normalized spacial score (nSPS) is 17.9. The van der Waals surface area contributed by atoms with Gasteiger partial charge < -0.3 is 4.90 Å². The predicted molar refractivity (Wildman–Crippen MR) is 100 cm³/mol. The van der Waals surface area contributed by atoms with Crippen molar-refractivity contribution in [1.82, 2.24) is 4.90 Å². The van der Waals surface area contributed by atoms with Gasteiger partial charge in [0.25, 0.3) is 0 Å². The van der Waals surface area contributed by atoms with Crippen molar-refractivity contribution in [2.75, 3.05) is 6.54 Å². The Labute approximate surface area is 143 Å². The van der Waals surface area contributed by atoms with Crippen molar-refractivity contribution in [2.24, 2.45) is 0 Å². The summed E-state index contributed by atoms with van der Waals surface area (Å²) in [6.45, 7) is 5.48. The summed E-state index contributed by atoms with van der Waals surface area (Å²) in [4.78, 5) is 2.24. The number of alkyl halides is 1. The first-order valence-corrected chi connectivity index (χ1v) is 9.94. The third-order valence-corrected chi connectivity index (χ3v) is 4.89. The van der Waals surface area contributed by atoms with Gasteiger partial charge in [-0.2, -0.15) is 0 Å². The molecule has 0 saturated carbocycles. The van der Waals surface area contributed by atoms with E-state index in [9.17, 15) is 0 Å². The molecular weight excluding hydrogens is 290 g/mol. The molecule has 1 rings (SSSR count). The zero-order valence-corrected chi connectivity index (χ0v) is 15.6. The summed E-state index contributed by atoms with van der Waals surface area (Å²) in [5.74, 6) is 0. The third kappa shape index (κ3) is 9.56. The van der Waals surface area contributed by atoms with Gasteiger partial charge in [-0.15, -0.1) is 0 Å². The molecule has 0 spiro atoms. The lowest BCUT2D eigenvalue weighted by Gasteiger charge is -2.27. The molecule has 1 nitrogen and oxygen atoms in total. The Hall–Kier alpha value is -0.430. The van der Waals surface area contributed by atoms with Crippen molar-refractivity contribution in [1.29, 1.82) is 0 Å². The summed E-state index contributed by atoms with van der Waals surface area (Å²) >= 11 is 6.32. The van der Waals surface area contributed by atoms with E-state index in [1.54, 1.807) is 0 Å². The molecule has 0 radical (unpaired) electrons. The Balaban J connectivity index is 1.83. The van der Waals surface area contributed by atoms with E-state index in [2.05, 4.69) is 37.1 Å². The highest BCUT2D eigenvalue weighted by atomic mass is 35.5. The average Bonchev–Trinajstić information content (AvgIpc) is 2.50. The van der Waals surface area contributed by atoms with Gasteiger partial charge in [-0.1, -0.05) is 94.7 Å². The molecule has 1 heterocycles. The van der Waals surface area contributed by atoms with Gasteiger partial charge in [-0.05, 0) is 25.5 Å². The lowest BCUT2D eigenvalue weighted by molar-refractivity contribution is 0.364. The topological polar surface area (TPSA) is 3.24 Å². The molecule has 1 atom stereocenters. The second kappa shape index (κ2) is 13.0. The lowest BCUT2D eigenvalue weighted by Crippen LogP contribution is -2.27. The quantitative estimate of drug-likeness (QED) is 0.199. The maximum Gasteiger partial charge on any atom is 0.123 e. The first-order chi connectivity index (χ1) is 10.7. The van der Waals surface area contributed by atoms with Crippen LogP contribution in [0.5, 0.6) is 0 Å². The molecule has 0 bridgehead atoms. The summed E-state index contributed by atoms with van der Waals surface area (Å²) in [5.41, 5.74) is 1.32. The highest BCUT2D eigenvalue weighted by Crippen LogP contribution is 2.18. The van der Waals surface area contributed by atoms with Crippen LogP contribution < -0.4 is 0 Å². The molecule has 0 aromatic heterocycles. The summed E-state index contributed by atoms with van der Waals surface area (Å²) in [6, 6.07) is 0. The summed E-state index contributed by atoms with van der Waals surface area (Å²) in [6.07, 6.45) is 23.3. The maximum atomic E-state index is 6.32. The molecule has 0 N–H and O–H groups in total. The first-order valence-electron chi connectivity index (χ1n) is 9.50. The Kier molecular flexibility index (Phi) is 11.6. The fraction of sp³-hybridized carbons (Fsp3) is 0.800. The smallest absolute Gasteiger partial charge is 0.123 e. The van der Waals surface area contributed by atoms with E-state index in [1.807, 2.05) is 0 Å². The van der Waals surface area contributed by atoms with Gasteiger partial charge in [0, 0.05) is 12.7 Å². The summed E-state index contributed by atoms with van der Waals surface area (Å²) < 4.78 is 0. The van der Waals surface area contributed by atoms with Crippen LogP contribution in [0.25, 0.3) is 0 Å². The molecule has 2 heteroatoms. The van der Waals surface area contributed by atoms with Crippen molar-refractivity contribution >= 4 is 11.6 Å². The molecule has 1 aliphatic heterocycles. The van der Waals surface area contributed by atoms with Crippen LogP contribution in [0.3, 0.4) is 0 Å². The first kappa shape index (κ1) is 19.6. The number of nitrogens with zero attached hydrogens (tertiary/aromatic N) is 1. The van der Waals surface area contributed by atoms with Crippen LogP contribution >= 0.6 is 11.6 Å². The van der Waals surface area contributed by atoms with Gasteiger partial charge in [-0.3, -0.25) is 0 Å². The Morgan fingerprint density at radius 3 is 1.86 bits per heavy atom. The van der Waals surface area contributed by atoms with E-state index < -0.39 is 0 Å². The third-order valence-electron chi connectivity index (χ3n) is 4.52. The van der Waals surface area contributed by atoms with Crippen molar-refractivity contribution in [2.45, 2.75) is 96.4 Å². The van der Waals surface area contributed by atoms with Crippen LogP contribution in [0.1, 0.15) is 90.9 Å². The van der Waals surface area contributed by atoms with E-state index in [0.717, 1.165) is 6.54 Å². The zero-order valence-electron chi connectivity index (χ0n) is 14.8. The van der Waals surface area contributed by atoms with E-state index in [-0.39, 0.29) is 5.50 Å². The highest BCUT2D eigenvalue weighted by Gasteiger charge is 2.12. The number of allylic oxidation sites excluding steroid dienone is 2. The van der Waals surface area contributed by atoms with Crippen LogP contribution in [-0.4, -0.2) is 16.9 Å². The van der Waals surface area contributed by atoms with Crippen molar-refractivity contribution in [3.63, 3.8) is 0 Å². The number of rotatable bonds is 13. The van der Waals surface area contributed by atoms with Crippen molar-refractivity contribution in [3.8, 4) is 0 Å². The van der Waals surface area contributed by atoms with Gasteiger partial charge in [0.2, 0.25) is 0 Å². The molecule has 0 saturated heterocycles. The minimum Gasteiger partial charge on any atom is -0.358 e. The van der Waals surface area contributed by atoms with Gasteiger partial charge in [0.05, 0.1) is 0 Å². The van der Waals surface area contributed by atoms with Crippen LogP contribution in [0.4, 0.5) is 0 Å². The van der Waals surface area contributed by atoms with Gasteiger partial charge >= 0.3 is 0 Å². The van der Waals surface area contributed by atoms with E-state index in [4.69, 9.17) is 11.6 Å². The van der Waals surface area contributed by atoms with E-state index in [1.165, 1.54) is 82.6 Å². The average molecular weight is 326 g/mol. The number of halogens is 1. The lowest BCUT2D eigenvalue weighted by atomic mass is 10.1. The Morgan fingerprint density at radius 2 is 1.36 bits per heavy atom. The molecule has 1 unspecified atom stereocenters. The van der Waals surface area contributed by atoms with Gasteiger partial charge in [0.15, 0.2) is 0 Å². The predicted octanol–water partition coefficient (Wildman–Crippen LogP) is 7.03. The number of unbranched alkanes of at least 4 members (excludes halogenated alkanes) is 11. The highest BCUT2D eigenvalue weighted by molar-refractivity contribution is 6.21. The minimum atomic E-state index is 0.0534.